The Kier molecular flexibility index (Phi) is 4.08. The van der Waals surface area contributed by atoms with E-state index in [4.69, 9.17) is 0 Å². The van der Waals surface area contributed by atoms with Crippen LogP contribution in [-0.4, -0.2) is 34.6 Å². The molecule has 0 aromatic carbocycles. The van der Waals surface area contributed by atoms with Crippen molar-refractivity contribution in [1.29, 1.82) is 0 Å². The number of carbonyl (C=O) groups is 1. The van der Waals surface area contributed by atoms with Crippen LogP contribution in [0, 0.1) is 11.8 Å². The van der Waals surface area contributed by atoms with E-state index in [1.54, 1.807) is 0 Å². The minimum Gasteiger partial charge on any atom is -0.393 e. The van der Waals surface area contributed by atoms with E-state index in [9.17, 15) is 9.90 Å². The Hall–Kier alpha value is -0.570. The van der Waals surface area contributed by atoms with E-state index in [-0.39, 0.29) is 18.1 Å². The van der Waals surface area contributed by atoms with Crippen molar-refractivity contribution in [3.8, 4) is 0 Å². The smallest absolute Gasteiger partial charge is 0.226 e. The van der Waals surface area contributed by atoms with E-state index in [1.807, 2.05) is 6.92 Å². The van der Waals surface area contributed by atoms with Gasteiger partial charge in [-0.25, -0.2) is 0 Å². The van der Waals surface area contributed by atoms with Gasteiger partial charge < -0.3 is 10.0 Å². The number of aliphatic hydroxyl groups is 1. The highest BCUT2D eigenvalue weighted by Crippen LogP contribution is 2.35. The van der Waals surface area contributed by atoms with Gasteiger partial charge in [-0.1, -0.05) is 13.3 Å². The number of hydrogen-bond acceptors (Lipinski definition) is 2. The summed E-state index contributed by atoms with van der Waals surface area (Å²) in [4.78, 5) is 14.5. The predicted molar refractivity (Wildman–Crippen MR) is 67.5 cm³/mol. The summed E-state index contributed by atoms with van der Waals surface area (Å²) in [6.07, 6.45) is 6.08. The van der Waals surface area contributed by atoms with E-state index in [2.05, 4.69) is 11.8 Å². The summed E-state index contributed by atoms with van der Waals surface area (Å²) in [5.41, 5.74) is 0. The van der Waals surface area contributed by atoms with Gasteiger partial charge in [-0.2, -0.15) is 0 Å². The summed E-state index contributed by atoms with van der Waals surface area (Å²) in [6, 6.07) is 0.287. The van der Waals surface area contributed by atoms with Crippen LogP contribution < -0.4 is 0 Å². The Morgan fingerprint density at radius 1 is 1.35 bits per heavy atom. The van der Waals surface area contributed by atoms with E-state index in [1.165, 1.54) is 12.8 Å². The standard InChI is InChI=1S/C14H25NO2/c1-10-5-3-7-13(10)14(17)15-8-4-6-12(15)9-11(2)16/h10-13,16H,3-9H2,1-2H3. The molecule has 1 N–H and O–H groups in total. The number of nitrogens with zero attached hydrogens (tertiary/aromatic N) is 1. The molecule has 17 heavy (non-hydrogen) atoms. The second-order valence-corrected chi connectivity index (χ2v) is 5.93. The van der Waals surface area contributed by atoms with Gasteiger partial charge in [0.25, 0.3) is 0 Å². The molecule has 0 aromatic heterocycles. The van der Waals surface area contributed by atoms with Crippen LogP contribution in [0.4, 0.5) is 0 Å². The van der Waals surface area contributed by atoms with E-state index >= 15 is 0 Å². The molecule has 1 amide bonds. The van der Waals surface area contributed by atoms with Crippen LogP contribution in [0.3, 0.4) is 0 Å². The van der Waals surface area contributed by atoms with Crippen molar-refractivity contribution in [2.24, 2.45) is 11.8 Å². The topological polar surface area (TPSA) is 40.5 Å². The number of aliphatic hydroxyl groups excluding tert-OH is 1. The molecular weight excluding hydrogens is 214 g/mol. The first-order valence-corrected chi connectivity index (χ1v) is 7.08. The third-order valence-electron chi connectivity index (χ3n) is 4.45. The van der Waals surface area contributed by atoms with E-state index in [0.717, 1.165) is 32.2 Å². The van der Waals surface area contributed by atoms with Gasteiger partial charge in [-0.15, -0.1) is 0 Å². The Balaban J connectivity index is 1.97. The monoisotopic (exact) mass is 239 g/mol. The van der Waals surface area contributed by atoms with Crippen LogP contribution in [0.25, 0.3) is 0 Å². The highest BCUT2D eigenvalue weighted by atomic mass is 16.3. The molecule has 0 aromatic rings. The van der Waals surface area contributed by atoms with Crippen molar-refractivity contribution in [2.75, 3.05) is 6.54 Å². The van der Waals surface area contributed by atoms with Gasteiger partial charge in [0, 0.05) is 18.5 Å². The predicted octanol–water partition coefficient (Wildman–Crippen LogP) is 2.18. The van der Waals surface area contributed by atoms with Crippen LogP contribution in [0.15, 0.2) is 0 Å². The summed E-state index contributed by atoms with van der Waals surface area (Å²) in [5.74, 6) is 1.16. The Labute approximate surface area is 104 Å². The van der Waals surface area contributed by atoms with Gasteiger partial charge in [0.05, 0.1) is 6.10 Å². The van der Waals surface area contributed by atoms with Crippen LogP contribution in [0.1, 0.15) is 52.4 Å². The van der Waals surface area contributed by atoms with Gasteiger partial charge in [-0.3, -0.25) is 4.79 Å². The molecule has 1 aliphatic carbocycles. The third kappa shape index (κ3) is 2.82. The maximum Gasteiger partial charge on any atom is 0.226 e. The molecule has 0 radical (unpaired) electrons. The maximum absolute atomic E-state index is 12.5. The minimum atomic E-state index is -0.297. The Morgan fingerprint density at radius 2 is 2.12 bits per heavy atom. The van der Waals surface area contributed by atoms with Gasteiger partial charge >= 0.3 is 0 Å². The molecule has 3 nitrogen and oxygen atoms in total. The number of amides is 1. The highest BCUT2D eigenvalue weighted by Gasteiger charge is 2.37. The van der Waals surface area contributed by atoms with E-state index in [0.29, 0.717) is 11.8 Å². The number of rotatable bonds is 3. The molecule has 0 bridgehead atoms. The van der Waals surface area contributed by atoms with Gasteiger partial charge in [0.1, 0.15) is 0 Å². The first-order valence-electron chi connectivity index (χ1n) is 7.08. The molecule has 1 saturated carbocycles. The maximum atomic E-state index is 12.5. The molecule has 1 aliphatic heterocycles. The molecule has 1 heterocycles. The first-order chi connectivity index (χ1) is 8.09. The fourth-order valence-corrected chi connectivity index (χ4v) is 3.49. The van der Waals surface area contributed by atoms with Crippen molar-refractivity contribution >= 4 is 5.91 Å². The lowest BCUT2D eigenvalue weighted by Gasteiger charge is -2.29. The largest absolute Gasteiger partial charge is 0.393 e. The quantitative estimate of drug-likeness (QED) is 0.820. The highest BCUT2D eigenvalue weighted by molar-refractivity contribution is 5.80. The molecule has 2 fully saturated rings. The minimum absolute atomic E-state index is 0.254. The number of likely N-dealkylation sites (tertiary alicyclic amines) is 1. The van der Waals surface area contributed by atoms with Crippen molar-refractivity contribution < 1.29 is 9.90 Å². The zero-order valence-corrected chi connectivity index (χ0v) is 11.1. The molecule has 2 aliphatic rings. The van der Waals surface area contributed by atoms with Crippen LogP contribution >= 0.6 is 0 Å². The molecular formula is C14H25NO2. The zero-order valence-electron chi connectivity index (χ0n) is 11.1. The summed E-state index contributed by atoms with van der Waals surface area (Å²) in [7, 11) is 0. The van der Waals surface area contributed by atoms with Crippen molar-refractivity contribution in [3.05, 3.63) is 0 Å². The van der Waals surface area contributed by atoms with E-state index < -0.39 is 0 Å². The first kappa shape index (κ1) is 12.9. The Morgan fingerprint density at radius 3 is 2.71 bits per heavy atom. The summed E-state index contributed by atoms with van der Waals surface area (Å²) < 4.78 is 0. The third-order valence-corrected chi connectivity index (χ3v) is 4.45. The fraction of sp³-hybridized carbons (Fsp3) is 0.929. The van der Waals surface area contributed by atoms with Crippen molar-refractivity contribution in [2.45, 2.75) is 64.5 Å². The molecule has 98 valence electrons. The van der Waals surface area contributed by atoms with Crippen LogP contribution in [0.2, 0.25) is 0 Å². The number of hydrogen-bond donors (Lipinski definition) is 1. The molecule has 4 atom stereocenters. The lowest BCUT2D eigenvalue weighted by atomic mass is 9.96. The molecule has 1 saturated heterocycles. The van der Waals surface area contributed by atoms with Crippen LogP contribution in [0.5, 0.6) is 0 Å². The fourth-order valence-electron chi connectivity index (χ4n) is 3.49. The summed E-state index contributed by atoms with van der Waals surface area (Å²) >= 11 is 0. The molecule has 3 heteroatoms. The van der Waals surface area contributed by atoms with Crippen molar-refractivity contribution in [3.63, 3.8) is 0 Å². The lowest BCUT2D eigenvalue weighted by molar-refractivity contribution is -0.137. The average molecular weight is 239 g/mol. The molecule has 4 unspecified atom stereocenters. The zero-order chi connectivity index (χ0) is 12.4. The van der Waals surface area contributed by atoms with Gasteiger partial charge in [-0.05, 0) is 44.9 Å². The lowest BCUT2D eigenvalue weighted by Crippen LogP contribution is -2.41. The second kappa shape index (κ2) is 5.38. The van der Waals surface area contributed by atoms with Gasteiger partial charge in [0.2, 0.25) is 5.91 Å². The molecule has 2 rings (SSSR count). The SMILES string of the molecule is CC(O)CC1CCCN1C(=O)C1CCCC1C. The Bertz CT molecular complexity index is 277. The molecule has 0 spiro atoms. The van der Waals surface area contributed by atoms with Gasteiger partial charge in [0.15, 0.2) is 0 Å². The number of carbonyl (C=O) groups excluding carboxylic acids is 1. The van der Waals surface area contributed by atoms with Crippen LogP contribution in [-0.2, 0) is 4.79 Å². The normalized spacial score (nSPS) is 35.2. The second-order valence-electron chi connectivity index (χ2n) is 5.93. The summed E-state index contributed by atoms with van der Waals surface area (Å²) in [6.45, 7) is 4.92. The summed E-state index contributed by atoms with van der Waals surface area (Å²) in [5, 5.41) is 9.49. The average Bonchev–Trinajstić information content (AvgIpc) is 2.85. The van der Waals surface area contributed by atoms with Crippen molar-refractivity contribution in [1.82, 2.24) is 4.90 Å².